The standard InChI is InChI=1S/C18H14ClNO3/c1-2-8-23-13-5-3-4-11(9-13)16-17(21)14-7-6-12(19)10-15(14)20-18(16)22/h2-7,9-10H,1,8H2,(H2,20,21,22). The predicted molar refractivity (Wildman–Crippen MR) is 92.4 cm³/mol. The van der Waals surface area contributed by atoms with Gasteiger partial charge in [-0.25, -0.2) is 0 Å². The summed E-state index contributed by atoms with van der Waals surface area (Å²) in [5.41, 5.74) is 0.868. The van der Waals surface area contributed by atoms with Gasteiger partial charge in [-0.3, -0.25) is 4.79 Å². The number of halogens is 1. The van der Waals surface area contributed by atoms with E-state index in [2.05, 4.69) is 11.6 Å². The smallest absolute Gasteiger partial charge is 0.260 e. The van der Waals surface area contributed by atoms with E-state index in [4.69, 9.17) is 16.3 Å². The van der Waals surface area contributed by atoms with Crippen molar-refractivity contribution in [1.29, 1.82) is 0 Å². The predicted octanol–water partition coefficient (Wildman–Crippen LogP) is 4.12. The lowest BCUT2D eigenvalue weighted by atomic mass is 10.0. The van der Waals surface area contributed by atoms with Crippen LogP contribution in [0.5, 0.6) is 11.5 Å². The number of aromatic nitrogens is 1. The minimum atomic E-state index is -0.391. The summed E-state index contributed by atoms with van der Waals surface area (Å²) in [7, 11) is 0. The average Bonchev–Trinajstić information content (AvgIpc) is 2.53. The van der Waals surface area contributed by atoms with Crippen molar-refractivity contribution in [1.82, 2.24) is 4.98 Å². The maximum absolute atomic E-state index is 12.4. The number of fused-ring (bicyclic) bond motifs is 1. The highest BCUT2D eigenvalue weighted by Crippen LogP contribution is 2.34. The first-order valence-electron chi connectivity index (χ1n) is 6.99. The Morgan fingerprint density at radius 2 is 2.09 bits per heavy atom. The highest BCUT2D eigenvalue weighted by atomic mass is 35.5. The van der Waals surface area contributed by atoms with Crippen LogP contribution in [0.3, 0.4) is 0 Å². The molecule has 23 heavy (non-hydrogen) atoms. The topological polar surface area (TPSA) is 62.3 Å². The summed E-state index contributed by atoms with van der Waals surface area (Å²) in [6.45, 7) is 3.96. The number of hydrogen-bond acceptors (Lipinski definition) is 3. The van der Waals surface area contributed by atoms with Crippen molar-refractivity contribution in [3.8, 4) is 22.6 Å². The largest absolute Gasteiger partial charge is 0.506 e. The van der Waals surface area contributed by atoms with Gasteiger partial charge in [0.15, 0.2) is 0 Å². The van der Waals surface area contributed by atoms with Crippen LogP contribution in [0.15, 0.2) is 59.9 Å². The van der Waals surface area contributed by atoms with Crippen molar-refractivity contribution in [3.05, 3.63) is 70.5 Å². The van der Waals surface area contributed by atoms with Gasteiger partial charge in [0, 0.05) is 10.4 Å². The Morgan fingerprint density at radius 1 is 1.26 bits per heavy atom. The van der Waals surface area contributed by atoms with Crippen LogP contribution >= 0.6 is 11.6 Å². The molecule has 3 rings (SSSR count). The summed E-state index contributed by atoms with van der Waals surface area (Å²) >= 11 is 5.92. The fourth-order valence-corrected chi connectivity index (χ4v) is 2.59. The number of benzene rings is 2. The highest BCUT2D eigenvalue weighted by Gasteiger charge is 2.14. The van der Waals surface area contributed by atoms with Crippen LogP contribution in [-0.4, -0.2) is 16.7 Å². The lowest BCUT2D eigenvalue weighted by molar-refractivity contribution is 0.363. The van der Waals surface area contributed by atoms with E-state index in [1.54, 1.807) is 48.5 Å². The van der Waals surface area contributed by atoms with Gasteiger partial charge in [-0.2, -0.15) is 0 Å². The number of nitrogens with one attached hydrogen (secondary N) is 1. The zero-order chi connectivity index (χ0) is 16.4. The van der Waals surface area contributed by atoms with Crippen molar-refractivity contribution < 1.29 is 9.84 Å². The van der Waals surface area contributed by atoms with E-state index in [9.17, 15) is 9.90 Å². The molecular formula is C18H14ClNO3. The van der Waals surface area contributed by atoms with E-state index < -0.39 is 5.56 Å². The number of aromatic hydroxyl groups is 1. The normalized spacial score (nSPS) is 10.7. The second kappa shape index (κ2) is 6.18. The minimum Gasteiger partial charge on any atom is -0.506 e. The second-order valence-corrected chi connectivity index (χ2v) is 5.43. The third-order valence-electron chi connectivity index (χ3n) is 3.44. The lowest BCUT2D eigenvalue weighted by Crippen LogP contribution is -2.09. The highest BCUT2D eigenvalue weighted by molar-refractivity contribution is 6.31. The van der Waals surface area contributed by atoms with E-state index in [0.717, 1.165) is 0 Å². The molecule has 0 aliphatic rings. The molecule has 1 heterocycles. The summed E-state index contributed by atoms with van der Waals surface area (Å²) in [5.74, 6) is 0.513. The van der Waals surface area contributed by atoms with E-state index in [0.29, 0.717) is 33.8 Å². The molecule has 0 fully saturated rings. The fourth-order valence-electron chi connectivity index (χ4n) is 2.42. The molecule has 116 valence electrons. The van der Waals surface area contributed by atoms with Crippen molar-refractivity contribution in [2.75, 3.05) is 6.61 Å². The van der Waals surface area contributed by atoms with Gasteiger partial charge in [-0.15, -0.1) is 0 Å². The molecule has 1 aromatic heterocycles. The first kappa shape index (κ1) is 15.2. The average molecular weight is 328 g/mol. The van der Waals surface area contributed by atoms with Crippen molar-refractivity contribution in [2.24, 2.45) is 0 Å². The Labute approximate surface area is 137 Å². The molecule has 0 bridgehead atoms. The lowest BCUT2D eigenvalue weighted by Gasteiger charge is -2.10. The van der Waals surface area contributed by atoms with Crippen LogP contribution < -0.4 is 10.3 Å². The molecule has 4 nitrogen and oxygen atoms in total. The summed E-state index contributed by atoms with van der Waals surface area (Å²) in [6, 6.07) is 11.9. The molecule has 2 aromatic carbocycles. The third kappa shape index (κ3) is 2.94. The van der Waals surface area contributed by atoms with E-state index in [1.165, 1.54) is 0 Å². The summed E-state index contributed by atoms with van der Waals surface area (Å²) in [6.07, 6.45) is 1.64. The van der Waals surface area contributed by atoms with Gasteiger partial charge in [0.25, 0.3) is 5.56 Å². The second-order valence-electron chi connectivity index (χ2n) is 5.00. The van der Waals surface area contributed by atoms with E-state index in [1.807, 2.05) is 0 Å². The van der Waals surface area contributed by atoms with Crippen LogP contribution in [0.1, 0.15) is 0 Å². The number of rotatable bonds is 4. The first-order chi connectivity index (χ1) is 11.1. The first-order valence-corrected chi connectivity index (χ1v) is 7.36. The van der Waals surface area contributed by atoms with Gasteiger partial charge in [-0.1, -0.05) is 36.4 Å². The molecule has 0 atom stereocenters. The van der Waals surface area contributed by atoms with Gasteiger partial charge in [-0.05, 0) is 35.9 Å². The Hall–Kier alpha value is -2.72. The molecule has 0 radical (unpaired) electrons. The van der Waals surface area contributed by atoms with E-state index in [-0.39, 0.29) is 11.3 Å². The van der Waals surface area contributed by atoms with Gasteiger partial charge in [0.05, 0.1) is 11.1 Å². The quantitative estimate of drug-likeness (QED) is 0.709. The molecular weight excluding hydrogens is 314 g/mol. The molecule has 0 spiro atoms. The van der Waals surface area contributed by atoms with Gasteiger partial charge in [0.2, 0.25) is 0 Å². The van der Waals surface area contributed by atoms with Gasteiger partial charge < -0.3 is 14.8 Å². The number of hydrogen-bond donors (Lipinski definition) is 2. The molecule has 0 unspecified atom stereocenters. The van der Waals surface area contributed by atoms with E-state index >= 15 is 0 Å². The molecule has 2 N–H and O–H groups in total. The Morgan fingerprint density at radius 3 is 2.87 bits per heavy atom. The molecule has 3 aromatic rings. The summed E-state index contributed by atoms with van der Waals surface area (Å²) in [4.78, 5) is 15.1. The molecule has 0 aliphatic carbocycles. The molecule has 0 aliphatic heterocycles. The number of H-pyrrole nitrogens is 1. The number of ether oxygens (including phenoxy) is 1. The summed E-state index contributed by atoms with van der Waals surface area (Å²) < 4.78 is 5.47. The van der Waals surface area contributed by atoms with Crippen molar-refractivity contribution >= 4 is 22.5 Å². The monoisotopic (exact) mass is 327 g/mol. The summed E-state index contributed by atoms with van der Waals surface area (Å²) in [5, 5.41) is 11.5. The zero-order valence-electron chi connectivity index (χ0n) is 12.2. The van der Waals surface area contributed by atoms with Crippen molar-refractivity contribution in [2.45, 2.75) is 0 Å². The Bertz CT molecular complexity index is 947. The Kier molecular flexibility index (Phi) is 4.08. The number of pyridine rings is 1. The van der Waals surface area contributed by atoms with Crippen molar-refractivity contribution in [3.63, 3.8) is 0 Å². The fraction of sp³-hybridized carbons (Fsp3) is 0.0556. The molecule has 0 saturated heterocycles. The Balaban J connectivity index is 2.18. The van der Waals surface area contributed by atoms with Crippen LogP contribution in [0.2, 0.25) is 5.02 Å². The van der Waals surface area contributed by atoms with Crippen LogP contribution in [0.4, 0.5) is 0 Å². The maximum atomic E-state index is 12.4. The van der Waals surface area contributed by atoms with Gasteiger partial charge in [0.1, 0.15) is 18.1 Å². The number of aromatic amines is 1. The van der Waals surface area contributed by atoms with Gasteiger partial charge >= 0.3 is 0 Å². The minimum absolute atomic E-state index is 0.0821. The molecule has 5 heteroatoms. The third-order valence-corrected chi connectivity index (χ3v) is 3.67. The van der Waals surface area contributed by atoms with Crippen LogP contribution in [0.25, 0.3) is 22.0 Å². The van der Waals surface area contributed by atoms with Crippen LogP contribution in [0, 0.1) is 0 Å². The molecule has 0 saturated carbocycles. The molecule has 0 amide bonds. The maximum Gasteiger partial charge on any atom is 0.260 e. The zero-order valence-corrected chi connectivity index (χ0v) is 12.9. The van der Waals surface area contributed by atoms with Crippen LogP contribution in [-0.2, 0) is 0 Å². The SMILES string of the molecule is C=CCOc1cccc(-c2c(O)c3ccc(Cl)cc3[nH]c2=O)c1.